The van der Waals surface area contributed by atoms with Gasteiger partial charge in [0.25, 0.3) is 0 Å². The van der Waals surface area contributed by atoms with Crippen molar-refractivity contribution >= 4 is 17.2 Å². The largest absolute Gasteiger partial charge is 0.395 e. The second kappa shape index (κ2) is 5.86. The zero-order valence-electron chi connectivity index (χ0n) is 8.93. The van der Waals surface area contributed by atoms with Crippen LogP contribution in [0, 0.1) is 10.1 Å². The molecule has 0 saturated heterocycles. The molecule has 0 amide bonds. The molecular formula is C9H14N4O3. The highest BCUT2D eigenvalue weighted by Crippen LogP contribution is 2.29. The number of aliphatic hydroxyl groups excluding tert-OH is 1. The fourth-order valence-corrected chi connectivity index (χ4v) is 1.28. The molecule has 1 aromatic rings. The zero-order chi connectivity index (χ0) is 12.0. The molecule has 0 fully saturated rings. The summed E-state index contributed by atoms with van der Waals surface area (Å²) in [4.78, 5) is 13.9. The van der Waals surface area contributed by atoms with Gasteiger partial charge in [-0.1, -0.05) is 0 Å². The molecule has 0 aliphatic rings. The Kier molecular flexibility index (Phi) is 4.46. The lowest BCUT2D eigenvalue weighted by Gasteiger charge is -2.11. The third-order valence-electron chi connectivity index (χ3n) is 1.88. The molecule has 7 heteroatoms. The highest BCUT2D eigenvalue weighted by molar-refractivity contribution is 5.75. The first-order chi connectivity index (χ1) is 7.70. The van der Waals surface area contributed by atoms with Crippen molar-refractivity contribution in [3.63, 3.8) is 0 Å². The minimum atomic E-state index is -0.555. The third-order valence-corrected chi connectivity index (χ3v) is 1.88. The number of hydrogen-bond acceptors (Lipinski definition) is 6. The van der Waals surface area contributed by atoms with Crippen molar-refractivity contribution in [1.82, 2.24) is 4.98 Å². The molecule has 1 heterocycles. The Labute approximate surface area is 92.7 Å². The summed E-state index contributed by atoms with van der Waals surface area (Å²) in [6, 6.07) is 1.65. The molecule has 1 aromatic heterocycles. The monoisotopic (exact) mass is 226 g/mol. The standard InChI is InChI=1S/C9H14N4O3/c1-2-10-7-3-4-12-9(13(15)16)8(7)11-5-6-14/h3-4,11,14H,2,5-6H2,1H3,(H,10,12). The van der Waals surface area contributed by atoms with Crippen molar-refractivity contribution in [2.75, 3.05) is 30.3 Å². The number of rotatable bonds is 6. The first kappa shape index (κ1) is 12.2. The van der Waals surface area contributed by atoms with E-state index in [9.17, 15) is 10.1 Å². The highest BCUT2D eigenvalue weighted by Gasteiger charge is 2.18. The second-order valence-corrected chi connectivity index (χ2v) is 2.99. The maximum Gasteiger partial charge on any atom is 0.389 e. The summed E-state index contributed by atoms with van der Waals surface area (Å²) < 4.78 is 0. The van der Waals surface area contributed by atoms with E-state index in [0.29, 0.717) is 17.9 Å². The molecule has 1 rings (SSSR count). The van der Waals surface area contributed by atoms with Crippen LogP contribution in [0.25, 0.3) is 0 Å². The fourth-order valence-electron chi connectivity index (χ4n) is 1.28. The van der Waals surface area contributed by atoms with Crippen molar-refractivity contribution in [2.24, 2.45) is 0 Å². The van der Waals surface area contributed by atoms with Crippen molar-refractivity contribution < 1.29 is 10.0 Å². The number of nitrogens with one attached hydrogen (secondary N) is 2. The van der Waals surface area contributed by atoms with Crippen molar-refractivity contribution in [3.05, 3.63) is 22.4 Å². The Morgan fingerprint density at radius 2 is 2.31 bits per heavy atom. The predicted molar refractivity (Wildman–Crippen MR) is 60.6 cm³/mol. The molecule has 0 unspecified atom stereocenters. The average molecular weight is 226 g/mol. The fraction of sp³-hybridized carbons (Fsp3) is 0.444. The zero-order valence-corrected chi connectivity index (χ0v) is 8.93. The quantitative estimate of drug-likeness (QED) is 0.490. The van der Waals surface area contributed by atoms with Gasteiger partial charge in [-0.15, -0.1) is 0 Å². The summed E-state index contributed by atoms with van der Waals surface area (Å²) >= 11 is 0. The van der Waals surface area contributed by atoms with Crippen LogP contribution in [0.3, 0.4) is 0 Å². The number of pyridine rings is 1. The van der Waals surface area contributed by atoms with Crippen LogP contribution in [0.1, 0.15) is 6.92 Å². The topological polar surface area (TPSA) is 100 Å². The van der Waals surface area contributed by atoms with Crippen LogP contribution in [0.4, 0.5) is 17.2 Å². The molecule has 0 aromatic carbocycles. The molecule has 0 radical (unpaired) electrons. The summed E-state index contributed by atoms with van der Waals surface area (Å²) in [5.41, 5.74) is 0.918. The predicted octanol–water partition coefficient (Wildman–Crippen LogP) is 0.826. The van der Waals surface area contributed by atoms with Gasteiger partial charge in [0.05, 0.1) is 12.3 Å². The highest BCUT2D eigenvalue weighted by atomic mass is 16.6. The molecule has 0 saturated carbocycles. The Hall–Kier alpha value is -1.89. The van der Waals surface area contributed by atoms with Gasteiger partial charge in [-0.3, -0.25) is 0 Å². The van der Waals surface area contributed by atoms with Crippen molar-refractivity contribution in [2.45, 2.75) is 6.92 Å². The van der Waals surface area contributed by atoms with Gasteiger partial charge in [0.2, 0.25) is 0 Å². The van der Waals surface area contributed by atoms with E-state index in [0.717, 1.165) is 0 Å². The molecule has 88 valence electrons. The Morgan fingerprint density at radius 1 is 1.56 bits per heavy atom. The number of anilines is 2. The van der Waals surface area contributed by atoms with E-state index in [1.807, 2.05) is 6.92 Å². The minimum Gasteiger partial charge on any atom is -0.395 e. The summed E-state index contributed by atoms with van der Waals surface area (Å²) in [6.45, 7) is 2.68. The Balaban J connectivity index is 3.07. The Bertz CT molecular complexity index is 370. The molecule has 0 atom stereocenters. The van der Waals surface area contributed by atoms with Gasteiger partial charge in [-0.05, 0) is 16.8 Å². The smallest absolute Gasteiger partial charge is 0.389 e. The van der Waals surface area contributed by atoms with Crippen LogP contribution in [0.2, 0.25) is 0 Å². The molecule has 16 heavy (non-hydrogen) atoms. The summed E-state index contributed by atoms with van der Waals surface area (Å²) in [5.74, 6) is -0.244. The molecule has 0 spiro atoms. The first-order valence-corrected chi connectivity index (χ1v) is 4.92. The van der Waals surface area contributed by atoms with E-state index >= 15 is 0 Å². The molecule has 0 bridgehead atoms. The Morgan fingerprint density at radius 3 is 2.88 bits per heavy atom. The van der Waals surface area contributed by atoms with E-state index in [1.165, 1.54) is 6.20 Å². The van der Waals surface area contributed by atoms with Gasteiger partial charge in [0, 0.05) is 19.2 Å². The molecule has 0 aliphatic heterocycles. The van der Waals surface area contributed by atoms with Gasteiger partial charge < -0.3 is 25.9 Å². The van der Waals surface area contributed by atoms with Gasteiger partial charge in [0.15, 0.2) is 5.69 Å². The maximum absolute atomic E-state index is 10.8. The van der Waals surface area contributed by atoms with Crippen LogP contribution in [-0.4, -0.2) is 34.7 Å². The minimum absolute atomic E-state index is 0.0996. The number of nitrogens with zero attached hydrogens (tertiary/aromatic N) is 2. The summed E-state index contributed by atoms with van der Waals surface area (Å²) in [7, 11) is 0. The normalized spacial score (nSPS) is 9.88. The van der Waals surface area contributed by atoms with Crippen LogP contribution in [0.15, 0.2) is 12.3 Å². The van der Waals surface area contributed by atoms with Gasteiger partial charge in [0.1, 0.15) is 6.20 Å². The van der Waals surface area contributed by atoms with Gasteiger partial charge in [-0.2, -0.15) is 0 Å². The number of aliphatic hydroxyl groups is 1. The van der Waals surface area contributed by atoms with Crippen molar-refractivity contribution in [1.29, 1.82) is 0 Å². The van der Waals surface area contributed by atoms with Crippen LogP contribution < -0.4 is 10.6 Å². The molecule has 0 aliphatic carbocycles. The van der Waals surface area contributed by atoms with Crippen molar-refractivity contribution in [3.8, 4) is 0 Å². The number of hydrogen-bond donors (Lipinski definition) is 3. The lowest BCUT2D eigenvalue weighted by atomic mass is 10.3. The van der Waals surface area contributed by atoms with Gasteiger partial charge in [-0.25, -0.2) is 0 Å². The number of aromatic nitrogens is 1. The van der Waals surface area contributed by atoms with Gasteiger partial charge >= 0.3 is 5.82 Å². The lowest BCUT2D eigenvalue weighted by molar-refractivity contribution is -0.388. The lowest BCUT2D eigenvalue weighted by Crippen LogP contribution is -2.11. The van der Waals surface area contributed by atoms with Crippen LogP contribution in [0.5, 0.6) is 0 Å². The van der Waals surface area contributed by atoms with Crippen LogP contribution >= 0.6 is 0 Å². The first-order valence-electron chi connectivity index (χ1n) is 4.92. The third kappa shape index (κ3) is 2.80. The second-order valence-electron chi connectivity index (χ2n) is 2.99. The summed E-state index contributed by atoms with van der Waals surface area (Å²) in [5, 5.41) is 25.2. The number of nitro groups is 1. The van der Waals surface area contributed by atoms with E-state index in [-0.39, 0.29) is 19.0 Å². The van der Waals surface area contributed by atoms with E-state index in [2.05, 4.69) is 15.6 Å². The molecule has 3 N–H and O–H groups in total. The maximum atomic E-state index is 10.8. The summed E-state index contributed by atoms with van der Waals surface area (Å²) in [6.07, 6.45) is 1.38. The molecular weight excluding hydrogens is 212 g/mol. The van der Waals surface area contributed by atoms with E-state index in [4.69, 9.17) is 5.11 Å². The SMILES string of the molecule is CCNc1ccnc([N+](=O)[O-])c1NCCO. The van der Waals surface area contributed by atoms with E-state index < -0.39 is 4.92 Å². The average Bonchev–Trinajstić information content (AvgIpc) is 2.27. The van der Waals surface area contributed by atoms with E-state index in [1.54, 1.807) is 6.07 Å². The molecule has 7 nitrogen and oxygen atoms in total. The van der Waals surface area contributed by atoms with Crippen LogP contribution in [-0.2, 0) is 0 Å².